The molecule has 0 heterocycles. The topological polar surface area (TPSA) is 45.1 Å². The molecule has 0 aliphatic heterocycles. The summed E-state index contributed by atoms with van der Waals surface area (Å²) in [5.74, 6) is 0.494. The van der Waals surface area contributed by atoms with Gasteiger partial charge >= 0.3 is 0 Å². The van der Waals surface area contributed by atoms with E-state index in [2.05, 4.69) is 45.4 Å². The van der Waals surface area contributed by atoms with Crippen molar-refractivity contribution in [2.24, 2.45) is 5.92 Å². The highest BCUT2D eigenvalue weighted by atomic mass is 28.3. The summed E-state index contributed by atoms with van der Waals surface area (Å²) in [7, 11) is -0.995. The summed E-state index contributed by atoms with van der Waals surface area (Å²) >= 11 is 0. The molecule has 0 unspecified atom stereocenters. The van der Waals surface area contributed by atoms with Gasteiger partial charge in [-0.1, -0.05) is 40.1 Å². The third kappa shape index (κ3) is 10.3. The first-order chi connectivity index (χ1) is 7.72. The molecule has 3 nitrogen and oxygen atoms in total. The van der Waals surface area contributed by atoms with Crippen LogP contribution in [-0.2, 0) is 4.74 Å². The Morgan fingerprint density at radius 1 is 1.35 bits per heavy atom. The van der Waals surface area contributed by atoms with Crippen molar-refractivity contribution in [3.8, 4) is 0 Å². The van der Waals surface area contributed by atoms with Crippen LogP contribution in [0.4, 0.5) is 0 Å². The fourth-order valence-electron chi connectivity index (χ4n) is 1.23. The Morgan fingerprint density at radius 2 is 1.94 bits per heavy atom. The van der Waals surface area contributed by atoms with Gasteiger partial charge < -0.3 is 15.5 Å². The number of allylic oxidation sites excluding steroid dienone is 1. The second kappa shape index (κ2) is 7.66. The van der Waals surface area contributed by atoms with E-state index >= 15 is 0 Å². The average Bonchev–Trinajstić information content (AvgIpc) is 2.13. The van der Waals surface area contributed by atoms with Crippen LogP contribution >= 0.6 is 0 Å². The maximum Gasteiger partial charge on any atom is 0.116 e. The molecule has 0 aromatic rings. The first kappa shape index (κ1) is 16.4. The highest BCUT2D eigenvalue weighted by Crippen LogP contribution is 2.07. The van der Waals surface area contributed by atoms with Crippen molar-refractivity contribution >= 4 is 13.8 Å². The highest BCUT2D eigenvalue weighted by Gasteiger charge is 2.12. The molecule has 0 aromatic carbocycles. The molecule has 0 bridgehead atoms. The van der Waals surface area contributed by atoms with Crippen LogP contribution in [0.15, 0.2) is 12.3 Å². The van der Waals surface area contributed by atoms with Gasteiger partial charge in [-0.05, 0) is 18.4 Å². The molecular weight excluding hydrogens is 228 g/mol. The lowest BCUT2D eigenvalue weighted by atomic mass is 10.1. The summed E-state index contributed by atoms with van der Waals surface area (Å²) in [5, 5.41) is 10.8. The molecule has 0 spiro atoms. The first-order valence-electron chi connectivity index (χ1n) is 6.30. The molecule has 0 atom stereocenters. The Hall–Kier alpha value is -0.613. The van der Waals surface area contributed by atoms with E-state index in [1.165, 1.54) is 6.04 Å². The van der Waals surface area contributed by atoms with E-state index in [-0.39, 0.29) is 0 Å². The minimum atomic E-state index is -0.995. The Bertz CT molecular complexity index is 257. The number of rotatable bonds is 9. The molecule has 2 N–H and O–H groups in total. The second-order valence-electron chi connectivity index (χ2n) is 6.10. The zero-order valence-electron chi connectivity index (χ0n) is 12.0. The molecule has 0 rings (SSSR count). The molecule has 4 heteroatoms. The quantitative estimate of drug-likeness (QED) is 0.287. The minimum Gasteiger partial charge on any atom is -0.362 e. The van der Waals surface area contributed by atoms with E-state index in [9.17, 15) is 0 Å². The third-order valence-corrected chi connectivity index (χ3v) is 4.06. The van der Waals surface area contributed by atoms with Gasteiger partial charge in [-0.15, -0.1) is 0 Å². The molecule has 0 radical (unpaired) electrons. The number of hydrogen-bond donors (Lipinski definition) is 2. The molecule has 0 saturated carbocycles. The van der Waals surface area contributed by atoms with E-state index < -0.39 is 8.07 Å². The van der Waals surface area contributed by atoms with Gasteiger partial charge in [0.2, 0.25) is 0 Å². The molecular formula is C13H28N2OSi. The SMILES string of the molecule is C=C(NCOCC[Si](C)(C)C)C(=N)CC(C)C. The smallest absolute Gasteiger partial charge is 0.116 e. The summed E-state index contributed by atoms with van der Waals surface area (Å²) < 4.78 is 5.50. The van der Waals surface area contributed by atoms with Crippen LogP contribution in [0.5, 0.6) is 0 Å². The van der Waals surface area contributed by atoms with E-state index in [0.29, 0.717) is 24.1 Å². The molecule has 0 saturated heterocycles. The maximum absolute atomic E-state index is 7.79. The summed E-state index contributed by atoms with van der Waals surface area (Å²) in [6.45, 7) is 16.3. The Morgan fingerprint density at radius 3 is 2.41 bits per heavy atom. The molecule has 100 valence electrons. The summed E-state index contributed by atoms with van der Waals surface area (Å²) in [5.41, 5.74) is 1.26. The van der Waals surface area contributed by atoms with E-state index in [1.54, 1.807) is 0 Å². The molecule has 0 fully saturated rings. The predicted octanol–water partition coefficient (Wildman–Crippen LogP) is 3.47. The van der Waals surface area contributed by atoms with Gasteiger partial charge in [-0.2, -0.15) is 0 Å². The Balaban J connectivity index is 3.62. The van der Waals surface area contributed by atoms with Crippen LogP contribution in [0.1, 0.15) is 20.3 Å². The van der Waals surface area contributed by atoms with Crippen molar-refractivity contribution in [1.82, 2.24) is 5.32 Å². The lowest BCUT2D eigenvalue weighted by Gasteiger charge is -2.16. The highest BCUT2D eigenvalue weighted by molar-refractivity contribution is 6.76. The lowest BCUT2D eigenvalue weighted by Crippen LogP contribution is -2.26. The normalized spacial score (nSPS) is 11.6. The molecule has 0 aliphatic carbocycles. The minimum absolute atomic E-state index is 0.462. The van der Waals surface area contributed by atoms with Crippen LogP contribution in [0.3, 0.4) is 0 Å². The zero-order valence-corrected chi connectivity index (χ0v) is 13.0. The summed E-state index contributed by atoms with van der Waals surface area (Å²) in [4.78, 5) is 0. The molecule has 17 heavy (non-hydrogen) atoms. The lowest BCUT2D eigenvalue weighted by molar-refractivity contribution is 0.136. The monoisotopic (exact) mass is 256 g/mol. The van der Waals surface area contributed by atoms with Crippen LogP contribution in [0.2, 0.25) is 25.7 Å². The largest absolute Gasteiger partial charge is 0.362 e. The van der Waals surface area contributed by atoms with Gasteiger partial charge in [0.05, 0.1) is 5.71 Å². The van der Waals surface area contributed by atoms with Crippen LogP contribution in [-0.4, -0.2) is 27.1 Å². The number of nitrogens with one attached hydrogen (secondary N) is 2. The van der Waals surface area contributed by atoms with Crippen molar-refractivity contribution in [1.29, 1.82) is 5.41 Å². The number of hydrogen-bond acceptors (Lipinski definition) is 3. The Kier molecular flexibility index (Phi) is 7.39. The number of ether oxygens (including phenoxy) is 1. The fourth-order valence-corrected chi connectivity index (χ4v) is 1.98. The maximum atomic E-state index is 7.79. The molecule has 0 aromatic heterocycles. The van der Waals surface area contributed by atoms with Crippen molar-refractivity contribution in [3.63, 3.8) is 0 Å². The zero-order chi connectivity index (χ0) is 13.5. The summed E-state index contributed by atoms with van der Waals surface area (Å²) in [6.07, 6.45) is 0.765. The van der Waals surface area contributed by atoms with Gasteiger partial charge in [0.25, 0.3) is 0 Å². The fraction of sp³-hybridized carbons (Fsp3) is 0.769. The Labute approximate surface area is 107 Å². The van der Waals surface area contributed by atoms with Crippen LogP contribution in [0.25, 0.3) is 0 Å². The van der Waals surface area contributed by atoms with Crippen molar-refractivity contribution in [2.75, 3.05) is 13.3 Å². The van der Waals surface area contributed by atoms with Crippen LogP contribution < -0.4 is 5.32 Å². The third-order valence-electron chi connectivity index (χ3n) is 2.36. The standard InChI is InChI=1S/C13H28N2OSi/c1-11(2)9-13(14)12(3)15-10-16-7-8-17(4,5)6/h11,14-15H,3,7-10H2,1-2,4-6H3. The van der Waals surface area contributed by atoms with Crippen LogP contribution in [0, 0.1) is 11.3 Å². The van der Waals surface area contributed by atoms with Gasteiger partial charge in [-0.25, -0.2) is 0 Å². The average molecular weight is 256 g/mol. The second-order valence-corrected chi connectivity index (χ2v) is 11.7. The predicted molar refractivity (Wildman–Crippen MR) is 78.4 cm³/mol. The van der Waals surface area contributed by atoms with Gasteiger partial charge in [0, 0.05) is 20.4 Å². The van der Waals surface area contributed by atoms with E-state index in [4.69, 9.17) is 10.1 Å². The van der Waals surface area contributed by atoms with E-state index in [1.807, 2.05) is 0 Å². The molecule has 0 amide bonds. The molecule has 0 aliphatic rings. The van der Waals surface area contributed by atoms with Gasteiger partial charge in [-0.3, -0.25) is 0 Å². The first-order valence-corrected chi connectivity index (χ1v) is 10.0. The van der Waals surface area contributed by atoms with Crippen molar-refractivity contribution in [2.45, 2.75) is 46.0 Å². The summed E-state index contributed by atoms with van der Waals surface area (Å²) in [6, 6.07) is 1.17. The van der Waals surface area contributed by atoms with Gasteiger partial charge in [0.15, 0.2) is 0 Å². The van der Waals surface area contributed by atoms with Crippen molar-refractivity contribution < 1.29 is 4.74 Å². The van der Waals surface area contributed by atoms with E-state index in [0.717, 1.165) is 13.0 Å². The van der Waals surface area contributed by atoms with Gasteiger partial charge in [0.1, 0.15) is 6.73 Å². The van der Waals surface area contributed by atoms with Crippen molar-refractivity contribution in [3.05, 3.63) is 12.3 Å².